The van der Waals surface area contributed by atoms with Crippen LogP contribution < -0.4 is 0 Å². The summed E-state index contributed by atoms with van der Waals surface area (Å²) in [4.78, 5) is 22.8. The number of carbonyl (C=O) groups is 2. The SMILES string of the molecule is CCOC(=O)C(C(C)=O)C(CBr)OCC. The molecule has 0 aromatic rings. The quantitative estimate of drug-likeness (QED) is 0.403. The molecule has 88 valence electrons. The summed E-state index contributed by atoms with van der Waals surface area (Å²) in [6.07, 6.45) is -0.452. The van der Waals surface area contributed by atoms with Crippen molar-refractivity contribution in [2.24, 2.45) is 5.92 Å². The van der Waals surface area contributed by atoms with E-state index in [9.17, 15) is 9.59 Å². The first-order valence-electron chi connectivity index (χ1n) is 4.93. The minimum atomic E-state index is -0.829. The molecule has 15 heavy (non-hydrogen) atoms. The molecule has 0 aromatic carbocycles. The minimum Gasteiger partial charge on any atom is -0.465 e. The lowest BCUT2D eigenvalue weighted by Crippen LogP contribution is -2.38. The average molecular weight is 281 g/mol. The zero-order chi connectivity index (χ0) is 11.8. The Kier molecular flexibility index (Phi) is 7.60. The van der Waals surface area contributed by atoms with Crippen LogP contribution >= 0.6 is 15.9 Å². The molecule has 0 aromatic heterocycles. The Hall–Kier alpha value is -0.420. The van der Waals surface area contributed by atoms with Crippen LogP contribution in [0.4, 0.5) is 0 Å². The molecule has 0 N–H and O–H groups in total. The molecular weight excluding hydrogens is 264 g/mol. The smallest absolute Gasteiger partial charge is 0.319 e. The van der Waals surface area contributed by atoms with Gasteiger partial charge in [0.2, 0.25) is 0 Å². The number of rotatable bonds is 7. The predicted octanol–water partition coefficient (Wildman–Crippen LogP) is 1.55. The molecular formula is C10H17BrO4. The van der Waals surface area contributed by atoms with Gasteiger partial charge in [0.25, 0.3) is 0 Å². The molecule has 0 rings (SSSR count). The van der Waals surface area contributed by atoms with Crippen LogP contribution in [-0.4, -0.2) is 36.4 Å². The first-order chi connectivity index (χ1) is 7.08. The van der Waals surface area contributed by atoms with Crippen molar-refractivity contribution in [1.29, 1.82) is 0 Å². The molecule has 0 saturated heterocycles. The molecule has 0 aliphatic carbocycles. The van der Waals surface area contributed by atoms with Crippen LogP contribution in [0.25, 0.3) is 0 Å². The standard InChI is InChI=1S/C10H17BrO4/c1-4-14-8(6-11)9(7(3)12)10(13)15-5-2/h8-9H,4-6H2,1-3H3. The number of ether oxygens (including phenoxy) is 2. The van der Waals surface area contributed by atoms with Gasteiger partial charge in [0.1, 0.15) is 11.7 Å². The zero-order valence-electron chi connectivity index (χ0n) is 9.29. The van der Waals surface area contributed by atoms with Crippen molar-refractivity contribution < 1.29 is 19.1 Å². The molecule has 0 heterocycles. The second-order valence-corrected chi connectivity index (χ2v) is 3.64. The number of Topliss-reactive ketones (excluding diaryl/α,β-unsaturated/α-hetero) is 1. The summed E-state index contributed by atoms with van der Waals surface area (Å²) < 4.78 is 10.1. The number of ketones is 1. The maximum atomic E-state index is 11.5. The summed E-state index contributed by atoms with van der Waals surface area (Å²) in [5.41, 5.74) is 0. The number of hydrogen-bond acceptors (Lipinski definition) is 4. The number of alkyl halides is 1. The summed E-state index contributed by atoms with van der Waals surface area (Å²) in [6.45, 7) is 5.62. The van der Waals surface area contributed by atoms with Crippen LogP contribution in [-0.2, 0) is 19.1 Å². The second kappa shape index (κ2) is 7.82. The Balaban J connectivity index is 4.61. The third kappa shape index (κ3) is 4.75. The van der Waals surface area contributed by atoms with Gasteiger partial charge >= 0.3 is 5.97 Å². The molecule has 0 aliphatic heterocycles. The lowest BCUT2D eigenvalue weighted by atomic mass is 9.99. The Morgan fingerprint density at radius 1 is 1.27 bits per heavy atom. The lowest BCUT2D eigenvalue weighted by molar-refractivity contribution is -0.156. The molecule has 2 atom stereocenters. The molecule has 0 amide bonds. The van der Waals surface area contributed by atoms with Crippen molar-refractivity contribution in [2.75, 3.05) is 18.5 Å². The molecule has 4 nitrogen and oxygen atoms in total. The van der Waals surface area contributed by atoms with E-state index < -0.39 is 18.0 Å². The Labute approximate surface area is 98.4 Å². The maximum absolute atomic E-state index is 11.5. The van der Waals surface area contributed by atoms with Crippen LogP contribution in [0.3, 0.4) is 0 Å². The maximum Gasteiger partial charge on any atom is 0.319 e. The number of halogens is 1. The number of hydrogen-bond donors (Lipinski definition) is 0. The van der Waals surface area contributed by atoms with Crippen molar-refractivity contribution in [3.63, 3.8) is 0 Å². The molecule has 0 spiro atoms. The Morgan fingerprint density at radius 2 is 1.87 bits per heavy atom. The van der Waals surface area contributed by atoms with Gasteiger partial charge in [0, 0.05) is 11.9 Å². The van der Waals surface area contributed by atoms with Crippen molar-refractivity contribution in [3.8, 4) is 0 Å². The van der Waals surface area contributed by atoms with Gasteiger partial charge < -0.3 is 9.47 Å². The van der Waals surface area contributed by atoms with E-state index in [1.807, 2.05) is 6.92 Å². The van der Waals surface area contributed by atoms with E-state index in [-0.39, 0.29) is 12.4 Å². The van der Waals surface area contributed by atoms with Crippen molar-refractivity contribution in [2.45, 2.75) is 26.9 Å². The van der Waals surface area contributed by atoms with Crippen molar-refractivity contribution in [3.05, 3.63) is 0 Å². The summed E-state index contributed by atoms with van der Waals surface area (Å²) in [5, 5.41) is 0.434. The van der Waals surface area contributed by atoms with E-state index in [0.29, 0.717) is 11.9 Å². The number of carbonyl (C=O) groups excluding carboxylic acids is 2. The first-order valence-corrected chi connectivity index (χ1v) is 6.05. The van der Waals surface area contributed by atoms with E-state index in [0.717, 1.165) is 0 Å². The fraction of sp³-hybridized carbons (Fsp3) is 0.800. The van der Waals surface area contributed by atoms with Crippen molar-refractivity contribution >= 4 is 27.7 Å². The topological polar surface area (TPSA) is 52.6 Å². The van der Waals surface area contributed by atoms with Crippen molar-refractivity contribution in [1.82, 2.24) is 0 Å². The van der Waals surface area contributed by atoms with Gasteiger partial charge in [-0.05, 0) is 20.8 Å². The molecule has 5 heteroatoms. The lowest BCUT2D eigenvalue weighted by Gasteiger charge is -2.21. The molecule has 2 unspecified atom stereocenters. The van der Waals surface area contributed by atoms with E-state index in [1.54, 1.807) is 6.92 Å². The Bertz CT molecular complexity index is 217. The van der Waals surface area contributed by atoms with Gasteiger partial charge in [-0.1, -0.05) is 15.9 Å². The van der Waals surface area contributed by atoms with Crippen LogP contribution in [0.15, 0.2) is 0 Å². The molecule has 0 bridgehead atoms. The zero-order valence-corrected chi connectivity index (χ0v) is 10.9. The fourth-order valence-electron chi connectivity index (χ4n) is 1.26. The van der Waals surface area contributed by atoms with Gasteiger partial charge in [-0.15, -0.1) is 0 Å². The van der Waals surface area contributed by atoms with Gasteiger partial charge in [0.15, 0.2) is 0 Å². The van der Waals surface area contributed by atoms with Gasteiger partial charge in [0.05, 0.1) is 12.7 Å². The van der Waals surface area contributed by atoms with Crippen LogP contribution in [0.2, 0.25) is 0 Å². The highest BCUT2D eigenvalue weighted by molar-refractivity contribution is 9.09. The highest BCUT2D eigenvalue weighted by Crippen LogP contribution is 2.14. The largest absolute Gasteiger partial charge is 0.465 e. The number of esters is 1. The summed E-state index contributed by atoms with van der Waals surface area (Å²) in [6, 6.07) is 0. The van der Waals surface area contributed by atoms with E-state index in [1.165, 1.54) is 6.92 Å². The summed E-state index contributed by atoms with van der Waals surface area (Å²) >= 11 is 3.22. The minimum absolute atomic E-state index is 0.230. The third-order valence-electron chi connectivity index (χ3n) is 1.88. The van der Waals surface area contributed by atoms with E-state index in [2.05, 4.69) is 15.9 Å². The molecule has 0 radical (unpaired) electrons. The van der Waals surface area contributed by atoms with Gasteiger partial charge in [-0.25, -0.2) is 0 Å². The normalized spacial score (nSPS) is 14.4. The predicted molar refractivity (Wildman–Crippen MR) is 60.0 cm³/mol. The van der Waals surface area contributed by atoms with E-state index >= 15 is 0 Å². The molecule has 0 fully saturated rings. The third-order valence-corrected chi connectivity index (χ3v) is 2.52. The van der Waals surface area contributed by atoms with Gasteiger partial charge in [-0.3, -0.25) is 9.59 Å². The second-order valence-electron chi connectivity index (χ2n) is 2.99. The van der Waals surface area contributed by atoms with Crippen LogP contribution in [0.1, 0.15) is 20.8 Å². The van der Waals surface area contributed by atoms with Gasteiger partial charge in [-0.2, -0.15) is 0 Å². The monoisotopic (exact) mass is 280 g/mol. The summed E-state index contributed by atoms with van der Waals surface area (Å²) in [5.74, 6) is -1.57. The first kappa shape index (κ1) is 14.6. The van der Waals surface area contributed by atoms with Crippen LogP contribution in [0, 0.1) is 5.92 Å². The fourth-order valence-corrected chi connectivity index (χ4v) is 1.82. The summed E-state index contributed by atoms with van der Waals surface area (Å²) in [7, 11) is 0. The van der Waals surface area contributed by atoms with Crippen LogP contribution in [0.5, 0.6) is 0 Å². The molecule has 0 saturated carbocycles. The average Bonchev–Trinajstić information content (AvgIpc) is 2.16. The van der Waals surface area contributed by atoms with E-state index in [4.69, 9.17) is 9.47 Å². The highest BCUT2D eigenvalue weighted by Gasteiger charge is 2.33. The Morgan fingerprint density at radius 3 is 2.20 bits per heavy atom. The molecule has 0 aliphatic rings. The highest BCUT2D eigenvalue weighted by atomic mass is 79.9.